The van der Waals surface area contributed by atoms with Gasteiger partial charge in [0.2, 0.25) is 11.7 Å². The van der Waals surface area contributed by atoms with E-state index in [9.17, 15) is 0 Å². The molecule has 3 aromatic rings. The van der Waals surface area contributed by atoms with E-state index in [1.165, 1.54) is 0 Å². The van der Waals surface area contributed by atoms with E-state index in [1.807, 2.05) is 0 Å². The molecule has 0 aliphatic carbocycles. The average Bonchev–Trinajstić information content (AvgIpc) is 2.75. The monoisotopic (exact) mass is 379 g/mol. The second kappa shape index (κ2) is 7.45. The summed E-state index contributed by atoms with van der Waals surface area (Å²) in [6.45, 7) is 1.34. The smallest absolute Gasteiger partial charge is 0.222 e. The molecule has 0 radical (unpaired) electrons. The normalized spacial score (nSPS) is 17.0. The van der Waals surface area contributed by atoms with Gasteiger partial charge in [-0.15, -0.1) is 0 Å². The first-order valence-electron chi connectivity index (χ1n) is 12.6. The number of anilines is 3. The van der Waals surface area contributed by atoms with Crippen LogP contribution in [0.4, 0.5) is 17.5 Å². The SMILES string of the molecule is [2H]c1c(NCc2c([2H])c([2H])c3nc(N)nc(N)c3c2C)c([2H])c(OC([2H])([2H])[2H])c(OC)c1OC([2H])([2H])[2H]. The Hall–Kier alpha value is -3.42. The summed E-state index contributed by atoms with van der Waals surface area (Å²) in [6.07, 6.45) is 0. The van der Waals surface area contributed by atoms with E-state index in [1.54, 1.807) is 6.92 Å². The molecule has 0 aliphatic heterocycles. The summed E-state index contributed by atoms with van der Waals surface area (Å²) >= 11 is 0. The summed E-state index contributed by atoms with van der Waals surface area (Å²) in [5, 5.41) is 3.03. The Morgan fingerprint density at radius 1 is 1.11 bits per heavy atom. The standard InChI is InChI=1S/C19H23N5O3/c1-10-11(5-6-13-16(10)18(20)24-19(21)23-13)9-22-12-7-14(25-2)17(27-4)15(8-12)26-3/h5-8,22H,9H2,1-4H3,(H4,20,21,23,24)/i2D3,3D3,5D,6D,7D,8D. The quantitative estimate of drug-likeness (QED) is 0.598. The number of hydrogen-bond donors (Lipinski definition) is 3. The molecular formula is C19H23N5O3. The minimum absolute atomic E-state index is 0.0108. The van der Waals surface area contributed by atoms with E-state index >= 15 is 0 Å². The fourth-order valence-electron chi connectivity index (χ4n) is 2.58. The van der Waals surface area contributed by atoms with Crippen molar-refractivity contribution in [1.29, 1.82) is 0 Å². The summed E-state index contributed by atoms with van der Waals surface area (Å²) in [5.41, 5.74) is 12.0. The Kier molecular flexibility index (Phi) is 2.62. The minimum atomic E-state index is -3.05. The highest BCUT2D eigenvalue weighted by atomic mass is 16.5. The van der Waals surface area contributed by atoms with Crippen LogP contribution in [0.5, 0.6) is 17.2 Å². The third-order valence-electron chi connectivity index (χ3n) is 3.85. The molecule has 0 unspecified atom stereocenters. The maximum absolute atomic E-state index is 8.47. The van der Waals surface area contributed by atoms with Crippen LogP contribution in [-0.2, 0) is 6.54 Å². The molecule has 1 aromatic heterocycles. The first kappa shape index (κ1) is 9.50. The van der Waals surface area contributed by atoms with Gasteiger partial charge < -0.3 is 31.0 Å². The van der Waals surface area contributed by atoms with Gasteiger partial charge in [0.25, 0.3) is 0 Å². The third kappa shape index (κ3) is 3.46. The van der Waals surface area contributed by atoms with E-state index < -0.39 is 43.4 Å². The van der Waals surface area contributed by atoms with Crippen LogP contribution in [0, 0.1) is 6.92 Å². The Morgan fingerprint density at radius 3 is 2.44 bits per heavy atom. The van der Waals surface area contributed by atoms with E-state index in [4.69, 9.17) is 39.4 Å². The van der Waals surface area contributed by atoms with Crippen molar-refractivity contribution in [2.24, 2.45) is 0 Å². The van der Waals surface area contributed by atoms with Gasteiger partial charge in [0, 0.05) is 29.7 Å². The molecule has 142 valence electrons. The third-order valence-corrected chi connectivity index (χ3v) is 3.85. The lowest BCUT2D eigenvalue weighted by atomic mass is 10.0. The molecule has 0 aliphatic rings. The molecule has 8 heteroatoms. The predicted molar refractivity (Wildman–Crippen MR) is 107 cm³/mol. The molecule has 0 atom stereocenters. The average molecular weight is 379 g/mol. The number of ether oxygens (including phenoxy) is 3. The summed E-state index contributed by atoms with van der Waals surface area (Å²) in [5.74, 6) is -2.11. The summed E-state index contributed by atoms with van der Waals surface area (Å²) in [7, 11) is -5.03. The van der Waals surface area contributed by atoms with Crippen LogP contribution in [0.1, 0.15) is 24.8 Å². The molecule has 1 heterocycles. The van der Waals surface area contributed by atoms with Crippen molar-refractivity contribution in [3.8, 4) is 17.2 Å². The van der Waals surface area contributed by atoms with E-state index in [2.05, 4.69) is 15.3 Å². The molecule has 0 amide bonds. The Morgan fingerprint density at radius 2 is 1.81 bits per heavy atom. The first-order chi connectivity index (χ1) is 17.0. The van der Waals surface area contributed by atoms with Crippen molar-refractivity contribution in [3.63, 3.8) is 0 Å². The van der Waals surface area contributed by atoms with Crippen LogP contribution in [0.25, 0.3) is 10.9 Å². The molecule has 27 heavy (non-hydrogen) atoms. The molecule has 2 aromatic carbocycles. The topological polar surface area (TPSA) is 118 Å². The first-order valence-corrected chi connectivity index (χ1v) is 7.61. The van der Waals surface area contributed by atoms with E-state index in [0.717, 1.165) is 7.11 Å². The minimum Gasteiger partial charge on any atom is -0.493 e. The van der Waals surface area contributed by atoms with Gasteiger partial charge in [0.05, 0.1) is 40.4 Å². The highest BCUT2D eigenvalue weighted by Crippen LogP contribution is 2.40. The van der Waals surface area contributed by atoms with Crippen molar-refractivity contribution in [3.05, 3.63) is 35.3 Å². The molecule has 0 saturated carbocycles. The molecular weight excluding hydrogens is 346 g/mol. The number of nitrogens with one attached hydrogen (secondary N) is 1. The van der Waals surface area contributed by atoms with Crippen LogP contribution in [0.2, 0.25) is 0 Å². The van der Waals surface area contributed by atoms with Crippen molar-refractivity contribution in [2.45, 2.75) is 13.5 Å². The van der Waals surface area contributed by atoms with Crippen molar-refractivity contribution in [1.82, 2.24) is 9.97 Å². The number of methoxy groups -OCH3 is 3. The van der Waals surface area contributed by atoms with Crippen molar-refractivity contribution in [2.75, 3.05) is 38.0 Å². The highest BCUT2D eigenvalue weighted by Gasteiger charge is 2.14. The van der Waals surface area contributed by atoms with Gasteiger partial charge in [-0.3, -0.25) is 0 Å². The maximum Gasteiger partial charge on any atom is 0.222 e. The predicted octanol–water partition coefficient (Wildman–Crippen LogP) is 2.74. The number of hydrogen-bond acceptors (Lipinski definition) is 8. The number of fused-ring (bicyclic) bond motifs is 1. The molecule has 0 bridgehead atoms. The molecule has 0 fully saturated rings. The lowest BCUT2D eigenvalue weighted by Gasteiger charge is -2.16. The largest absolute Gasteiger partial charge is 0.493 e. The summed E-state index contributed by atoms with van der Waals surface area (Å²) < 4.78 is 93.1. The molecule has 0 spiro atoms. The highest BCUT2D eigenvalue weighted by molar-refractivity contribution is 5.92. The zero-order valence-electron chi connectivity index (χ0n) is 24.5. The van der Waals surface area contributed by atoms with Gasteiger partial charge in [-0.2, -0.15) is 4.98 Å². The van der Waals surface area contributed by atoms with Crippen LogP contribution in [-0.4, -0.2) is 31.2 Å². The second-order valence-electron chi connectivity index (χ2n) is 5.42. The van der Waals surface area contributed by atoms with Crippen molar-refractivity contribution >= 4 is 28.4 Å². The number of benzene rings is 2. The maximum atomic E-state index is 8.47. The van der Waals surface area contributed by atoms with Crippen LogP contribution in [0.3, 0.4) is 0 Å². The number of nitrogens with zero attached hydrogens (tertiary/aromatic N) is 2. The van der Waals surface area contributed by atoms with Crippen LogP contribution >= 0.6 is 0 Å². The number of nitrogen functional groups attached to an aromatic ring is 2. The Labute approximate surface area is 171 Å². The molecule has 0 saturated heterocycles. The van der Waals surface area contributed by atoms with E-state index in [-0.39, 0.29) is 52.5 Å². The zero-order chi connectivity index (χ0) is 28.0. The zero-order valence-corrected chi connectivity index (χ0v) is 14.5. The van der Waals surface area contributed by atoms with Gasteiger partial charge in [-0.05, 0) is 24.1 Å². The van der Waals surface area contributed by atoms with Gasteiger partial charge in [-0.25, -0.2) is 4.98 Å². The number of rotatable bonds is 6. The Bertz CT molecular complexity index is 1340. The van der Waals surface area contributed by atoms with Gasteiger partial charge >= 0.3 is 0 Å². The number of aryl methyl sites for hydroxylation is 1. The summed E-state index contributed by atoms with van der Waals surface area (Å²) in [4.78, 5) is 7.90. The number of nitrogens with two attached hydrogens (primary N) is 2. The Balaban J connectivity index is 2.20. The lowest BCUT2D eigenvalue weighted by Crippen LogP contribution is -2.06. The van der Waals surface area contributed by atoms with Crippen LogP contribution < -0.4 is 31.0 Å². The van der Waals surface area contributed by atoms with Crippen LogP contribution in [0.15, 0.2) is 24.2 Å². The van der Waals surface area contributed by atoms with Gasteiger partial charge in [0.1, 0.15) is 5.82 Å². The van der Waals surface area contributed by atoms with Gasteiger partial charge in [-0.1, -0.05) is 6.04 Å². The second-order valence-corrected chi connectivity index (χ2v) is 5.42. The van der Waals surface area contributed by atoms with Crippen molar-refractivity contribution < 1.29 is 27.9 Å². The number of aromatic nitrogens is 2. The summed E-state index contributed by atoms with van der Waals surface area (Å²) in [6, 6.07) is -1.81. The lowest BCUT2D eigenvalue weighted by molar-refractivity contribution is 0.324. The molecule has 5 N–H and O–H groups in total. The molecule has 3 rings (SSSR count). The fraction of sp³-hybridized carbons (Fsp3) is 0.263. The molecule has 8 nitrogen and oxygen atoms in total. The van der Waals surface area contributed by atoms with E-state index in [0.29, 0.717) is 5.56 Å². The van der Waals surface area contributed by atoms with Gasteiger partial charge in [0.15, 0.2) is 11.5 Å². The fourth-order valence-corrected chi connectivity index (χ4v) is 2.58.